The first-order valence-corrected chi connectivity index (χ1v) is 11.2. The number of aromatic nitrogens is 4. The molecule has 166 valence electrons. The molecule has 3 heterocycles. The van der Waals surface area contributed by atoms with Crippen molar-refractivity contribution in [3.8, 4) is 17.6 Å². The number of hydrogen-bond acceptors (Lipinski definition) is 6. The van der Waals surface area contributed by atoms with Crippen molar-refractivity contribution in [3.05, 3.63) is 66.4 Å². The van der Waals surface area contributed by atoms with Gasteiger partial charge >= 0.3 is 6.01 Å². The Morgan fingerprint density at radius 1 is 1.03 bits per heavy atom. The molecule has 0 aliphatic rings. The van der Waals surface area contributed by atoms with Crippen molar-refractivity contribution in [2.24, 2.45) is 0 Å². The van der Waals surface area contributed by atoms with Crippen LogP contribution in [0.4, 0.5) is 5.82 Å². The van der Waals surface area contributed by atoms with Gasteiger partial charge in [-0.25, -0.2) is 4.98 Å². The van der Waals surface area contributed by atoms with E-state index in [-0.39, 0.29) is 6.01 Å². The molecule has 4 rings (SSSR count). The minimum Gasteiger partial charge on any atom is -0.463 e. The van der Waals surface area contributed by atoms with Crippen LogP contribution in [0.5, 0.6) is 6.01 Å². The van der Waals surface area contributed by atoms with Crippen molar-refractivity contribution in [1.29, 1.82) is 0 Å². The number of nitrogens with two attached hydrogens (primary N) is 1. The molecule has 0 spiro atoms. The van der Waals surface area contributed by atoms with E-state index in [0.29, 0.717) is 35.2 Å². The zero-order valence-corrected chi connectivity index (χ0v) is 18.4. The Morgan fingerprint density at radius 2 is 1.91 bits per heavy atom. The fourth-order valence-corrected chi connectivity index (χ4v) is 3.61. The third kappa shape index (κ3) is 5.17. The van der Waals surface area contributed by atoms with Gasteiger partial charge in [0.05, 0.1) is 12.9 Å². The van der Waals surface area contributed by atoms with Crippen LogP contribution in [0.15, 0.2) is 65.3 Å². The number of hydrogen-bond donors (Lipinski definition) is 1. The maximum Gasteiger partial charge on any atom is 0.320 e. The Bertz CT molecular complexity index is 1150. The quantitative estimate of drug-likeness (QED) is 0.252. The molecule has 2 N–H and O–H groups in total. The lowest BCUT2D eigenvalue weighted by atomic mass is 10.1. The minimum absolute atomic E-state index is 0.279. The lowest BCUT2D eigenvalue weighted by Gasteiger charge is -2.08. The van der Waals surface area contributed by atoms with E-state index in [1.165, 1.54) is 5.56 Å². The largest absolute Gasteiger partial charge is 0.463 e. The Labute approximate surface area is 188 Å². The molecule has 0 aliphatic carbocycles. The van der Waals surface area contributed by atoms with Crippen LogP contribution in [0.3, 0.4) is 0 Å². The second kappa shape index (κ2) is 10.6. The maximum absolute atomic E-state index is 6.23. The second-order valence-electron chi connectivity index (χ2n) is 7.59. The van der Waals surface area contributed by atoms with Crippen LogP contribution >= 0.6 is 0 Å². The third-order valence-electron chi connectivity index (χ3n) is 5.18. The molecular weight excluding hydrogens is 402 g/mol. The normalized spacial score (nSPS) is 11.5. The lowest BCUT2D eigenvalue weighted by molar-refractivity contribution is 0.288. The van der Waals surface area contributed by atoms with Gasteiger partial charge in [0.1, 0.15) is 0 Å². The number of fused-ring (bicyclic) bond motifs is 1. The third-order valence-corrected chi connectivity index (χ3v) is 5.18. The number of unbranched alkanes of at least 4 members (excludes halogenated alkanes) is 1. The number of aryl methyl sites for hydroxylation is 2. The molecule has 0 atom stereocenters. The summed E-state index contributed by atoms with van der Waals surface area (Å²) >= 11 is 0. The standard InChI is InChI=1S/C25H29N5O2/c1-2-3-4-5-9-16-30-23(20-15-11-17-31-20)27-21-22(26)28-25(29-24(21)30)32-18-10-14-19-12-7-6-8-13-19/h3-4,6-8,11-13,15,17H,2,5,9-10,14,16,18H2,1H3,(H2,26,28,29). The fraction of sp³-hybridized carbons (Fsp3) is 0.320. The first-order valence-electron chi connectivity index (χ1n) is 11.2. The van der Waals surface area contributed by atoms with Gasteiger partial charge in [-0.3, -0.25) is 0 Å². The van der Waals surface area contributed by atoms with E-state index in [9.17, 15) is 0 Å². The van der Waals surface area contributed by atoms with Crippen molar-refractivity contribution in [3.63, 3.8) is 0 Å². The number of imidazole rings is 1. The number of allylic oxidation sites excluding steroid dienone is 2. The van der Waals surface area contributed by atoms with Crippen molar-refractivity contribution >= 4 is 17.0 Å². The van der Waals surface area contributed by atoms with Crippen LogP contribution in [-0.4, -0.2) is 26.1 Å². The van der Waals surface area contributed by atoms with Gasteiger partial charge in [-0.15, -0.1) is 0 Å². The van der Waals surface area contributed by atoms with Crippen LogP contribution in [0.2, 0.25) is 0 Å². The summed E-state index contributed by atoms with van der Waals surface area (Å²) in [7, 11) is 0. The van der Waals surface area contributed by atoms with E-state index in [2.05, 4.69) is 41.2 Å². The summed E-state index contributed by atoms with van der Waals surface area (Å²) in [4.78, 5) is 13.7. The van der Waals surface area contributed by atoms with E-state index in [1.807, 2.05) is 34.9 Å². The number of ether oxygens (including phenoxy) is 1. The predicted molar refractivity (Wildman–Crippen MR) is 126 cm³/mol. The van der Waals surface area contributed by atoms with Crippen LogP contribution in [-0.2, 0) is 13.0 Å². The van der Waals surface area contributed by atoms with Crippen LogP contribution in [0, 0.1) is 0 Å². The summed E-state index contributed by atoms with van der Waals surface area (Å²) in [6, 6.07) is 14.4. The van der Waals surface area contributed by atoms with Crippen molar-refractivity contribution in [2.75, 3.05) is 12.3 Å². The number of anilines is 1. The van der Waals surface area contributed by atoms with Gasteiger partial charge in [-0.05, 0) is 49.8 Å². The summed E-state index contributed by atoms with van der Waals surface area (Å²) in [6.07, 6.45) is 10.8. The second-order valence-corrected chi connectivity index (χ2v) is 7.59. The molecule has 0 aliphatic heterocycles. The molecule has 0 saturated carbocycles. The predicted octanol–water partition coefficient (Wildman–Crippen LogP) is 5.43. The molecule has 0 radical (unpaired) electrons. The van der Waals surface area contributed by atoms with Gasteiger partial charge in [0, 0.05) is 6.54 Å². The Balaban J connectivity index is 1.53. The van der Waals surface area contributed by atoms with Gasteiger partial charge in [0.15, 0.2) is 28.6 Å². The molecule has 0 fully saturated rings. The summed E-state index contributed by atoms with van der Waals surface area (Å²) < 4.78 is 13.5. The fourth-order valence-electron chi connectivity index (χ4n) is 3.61. The van der Waals surface area contributed by atoms with Gasteiger partial charge in [-0.1, -0.05) is 49.4 Å². The first kappa shape index (κ1) is 21.6. The van der Waals surface area contributed by atoms with Gasteiger partial charge in [-0.2, -0.15) is 9.97 Å². The van der Waals surface area contributed by atoms with Gasteiger partial charge in [0.25, 0.3) is 0 Å². The van der Waals surface area contributed by atoms with Crippen LogP contribution < -0.4 is 10.5 Å². The molecular formula is C25H29N5O2. The highest BCUT2D eigenvalue weighted by Gasteiger charge is 2.19. The number of rotatable bonds is 11. The van der Waals surface area contributed by atoms with E-state index < -0.39 is 0 Å². The number of nitrogens with zero attached hydrogens (tertiary/aromatic N) is 4. The maximum atomic E-state index is 6.23. The molecule has 0 bridgehead atoms. The topological polar surface area (TPSA) is 92.0 Å². The molecule has 7 nitrogen and oxygen atoms in total. The average molecular weight is 432 g/mol. The van der Waals surface area contributed by atoms with Gasteiger partial charge in [0.2, 0.25) is 0 Å². The molecule has 7 heteroatoms. The Hall–Kier alpha value is -3.61. The minimum atomic E-state index is 0.279. The first-order chi connectivity index (χ1) is 15.8. The number of nitrogen functional groups attached to an aromatic ring is 1. The number of benzene rings is 1. The molecule has 0 unspecified atom stereocenters. The molecule has 32 heavy (non-hydrogen) atoms. The zero-order valence-electron chi connectivity index (χ0n) is 18.4. The monoisotopic (exact) mass is 431 g/mol. The van der Waals surface area contributed by atoms with E-state index in [1.54, 1.807) is 6.26 Å². The highest BCUT2D eigenvalue weighted by molar-refractivity contribution is 5.85. The van der Waals surface area contributed by atoms with Crippen molar-refractivity contribution in [2.45, 2.75) is 45.6 Å². The Morgan fingerprint density at radius 3 is 2.69 bits per heavy atom. The van der Waals surface area contributed by atoms with Crippen molar-refractivity contribution < 1.29 is 9.15 Å². The summed E-state index contributed by atoms with van der Waals surface area (Å²) in [5.74, 6) is 1.69. The summed E-state index contributed by atoms with van der Waals surface area (Å²) in [6.45, 7) is 3.39. The summed E-state index contributed by atoms with van der Waals surface area (Å²) in [5.41, 5.74) is 8.75. The smallest absolute Gasteiger partial charge is 0.320 e. The molecule has 4 aromatic rings. The number of furan rings is 1. The molecule has 3 aromatic heterocycles. The summed E-state index contributed by atoms with van der Waals surface area (Å²) in [5, 5.41) is 0. The lowest BCUT2D eigenvalue weighted by Crippen LogP contribution is -2.07. The molecule has 0 saturated heterocycles. The van der Waals surface area contributed by atoms with Crippen LogP contribution in [0.1, 0.15) is 38.2 Å². The van der Waals surface area contributed by atoms with Gasteiger partial charge < -0.3 is 19.5 Å². The van der Waals surface area contributed by atoms with E-state index in [4.69, 9.17) is 19.9 Å². The van der Waals surface area contributed by atoms with E-state index in [0.717, 1.165) is 38.6 Å². The van der Waals surface area contributed by atoms with E-state index >= 15 is 0 Å². The Kier molecular flexibility index (Phi) is 7.17. The molecule has 0 amide bonds. The van der Waals surface area contributed by atoms with Crippen LogP contribution in [0.25, 0.3) is 22.7 Å². The highest BCUT2D eigenvalue weighted by Crippen LogP contribution is 2.28. The zero-order chi connectivity index (χ0) is 22.2. The average Bonchev–Trinajstić information content (AvgIpc) is 3.46. The molecule has 1 aromatic carbocycles. The SMILES string of the molecule is CCC=CCCCn1c(-c2ccco2)nc2c(N)nc(OCCCc3ccccc3)nc21. The highest BCUT2D eigenvalue weighted by atomic mass is 16.5. The van der Waals surface area contributed by atoms with Crippen molar-refractivity contribution in [1.82, 2.24) is 19.5 Å².